The molecule has 6 rings (SSSR count). The summed E-state index contributed by atoms with van der Waals surface area (Å²) in [6.07, 6.45) is 8.47. The summed E-state index contributed by atoms with van der Waals surface area (Å²) in [7, 11) is -3.90. The molecule has 0 radical (unpaired) electrons. The highest BCUT2D eigenvalue weighted by Crippen LogP contribution is 2.45. The summed E-state index contributed by atoms with van der Waals surface area (Å²) < 4.78 is 39.4. The van der Waals surface area contributed by atoms with Crippen LogP contribution in [0.4, 0.5) is 10.7 Å². The van der Waals surface area contributed by atoms with E-state index in [0.29, 0.717) is 18.8 Å². The fourth-order valence-corrected chi connectivity index (χ4v) is 9.00. The highest BCUT2D eigenvalue weighted by molar-refractivity contribution is 7.91. The van der Waals surface area contributed by atoms with Crippen LogP contribution in [0.2, 0.25) is 5.15 Å². The van der Waals surface area contributed by atoms with Crippen molar-refractivity contribution in [1.29, 1.82) is 0 Å². The van der Waals surface area contributed by atoms with E-state index in [1.165, 1.54) is 17.0 Å². The van der Waals surface area contributed by atoms with Crippen molar-refractivity contribution >= 4 is 51.4 Å². The second-order valence-electron chi connectivity index (χ2n) is 15.9. The molecule has 5 aliphatic rings. The van der Waals surface area contributed by atoms with Gasteiger partial charge in [-0.05, 0) is 63.2 Å². The van der Waals surface area contributed by atoms with Crippen LogP contribution < -0.4 is 25.4 Å². The number of nitrogens with zero attached hydrogens (tertiary/aromatic N) is 3. The lowest BCUT2D eigenvalue weighted by molar-refractivity contribution is -0.143. The van der Waals surface area contributed by atoms with Crippen LogP contribution >= 0.6 is 11.6 Å². The molecule has 1 aromatic heterocycles. The first kappa shape index (κ1) is 38.1. The number of carbonyl (C=O) groups is 4. The summed E-state index contributed by atoms with van der Waals surface area (Å²) in [5, 5.41) is 8.35. The Hall–Kier alpha value is -3.66. The first-order chi connectivity index (χ1) is 24.6. The van der Waals surface area contributed by atoms with Gasteiger partial charge in [0.1, 0.15) is 35.0 Å². The van der Waals surface area contributed by atoms with Gasteiger partial charge in [-0.1, -0.05) is 51.3 Å². The van der Waals surface area contributed by atoms with E-state index in [2.05, 4.69) is 37.2 Å². The molecular weight excluding hydrogens is 714 g/mol. The summed E-state index contributed by atoms with van der Waals surface area (Å²) in [6.45, 7) is 9.10. The largest absolute Gasteiger partial charge is 0.472 e. The van der Waals surface area contributed by atoms with Gasteiger partial charge >= 0.3 is 6.09 Å². The quantitative estimate of drug-likeness (QED) is 0.169. The number of rotatable bonds is 13. The van der Waals surface area contributed by atoms with Crippen molar-refractivity contribution in [3.63, 3.8) is 0 Å². The second kappa shape index (κ2) is 15.0. The Morgan fingerprint density at radius 1 is 1.04 bits per heavy atom. The van der Waals surface area contributed by atoms with E-state index in [9.17, 15) is 27.6 Å². The van der Waals surface area contributed by atoms with Crippen molar-refractivity contribution in [3.8, 4) is 5.88 Å². The Morgan fingerprint density at radius 3 is 2.33 bits per heavy atom. The first-order valence-electron chi connectivity index (χ1n) is 18.3. The molecule has 0 spiro atoms. The Bertz CT molecular complexity index is 1670. The number of nitrogens with one attached hydrogen (secondary N) is 4. The Morgan fingerprint density at radius 2 is 1.71 bits per heavy atom. The average molecular weight is 764 g/mol. The third-order valence-corrected chi connectivity index (χ3v) is 12.7. The summed E-state index contributed by atoms with van der Waals surface area (Å²) in [5.74, 6) is -2.12. The Balaban J connectivity index is 1.24. The summed E-state index contributed by atoms with van der Waals surface area (Å²) in [5.41, 5.74) is -2.35. The molecule has 15 nitrogen and oxygen atoms in total. The third-order valence-electron chi connectivity index (χ3n) is 10.7. The molecule has 2 heterocycles. The lowest BCUT2D eigenvalue weighted by Crippen LogP contribution is -2.60. The number of hydrogen-bond acceptors (Lipinski definition) is 11. The smallest absolute Gasteiger partial charge is 0.408 e. The number of likely N-dealkylation sites (tertiary alicyclic amines) is 1. The molecule has 4 saturated carbocycles. The Kier molecular flexibility index (Phi) is 11.0. The predicted octanol–water partition coefficient (Wildman–Crippen LogP) is 3.59. The maximum Gasteiger partial charge on any atom is 0.408 e. The third kappa shape index (κ3) is 8.75. The van der Waals surface area contributed by atoms with Gasteiger partial charge in [0.2, 0.25) is 33.7 Å². The van der Waals surface area contributed by atoms with Crippen molar-refractivity contribution in [2.24, 2.45) is 11.3 Å². The second-order valence-corrected chi connectivity index (χ2v) is 18.2. The van der Waals surface area contributed by atoms with Gasteiger partial charge in [0, 0.05) is 24.4 Å². The van der Waals surface area contributed by atoms with Crippen LogP contribution in [0.25, 0.3) is 0 Å². The highest BCUT2D eigenvalue weighted by atomic mass is 35.5. The molecular formula is C35H50ClN7O8S. The van der Waals surface area contributed by atoms with Crippen LogP contribution in [0.15, 0.2) is 18.7 Å². The molecule has 1 saturated heterocycles. The van der Waals surface area contributed by atoms with E-state index in [0.717, 1.165) is 51.4 Å². The van der Waals surface area contributed by atoms with E-state index in [1.807, 2.05) is 0 Å². The number of ether oxygens (including phenoxy) is 2. The Labute approximate surface area is 309 Å². The average Bonchev–Trinajstić information content (AvgIpc) is 3.84. The van der Waals surface area contributed by atoms with Gasteiger partial charge in [0.15, 0.2) is 0 Å². The van der Waals surface area contributed by atoms with Crippen LogP contribution in [-0.4, -0.2) is 94.8 Å². The number of hydrogen-bond donors (Lipinski definition) is 4. The number of amides is 4. The molecule has 1 aliphatic heterocycles. The van der Waals surface area contributed by atoms with Crippen LogP contribution in [0.1, 0.15) is 97.8 Å². The van der Waals surface area contributed by atoms with Crippen LogP contribution in [0.3, 0.4) is 0 Å². The zero-order chi connectivity index (χ0) is 37.4. The van der Waals surface area contributed by atoms with Gasteiger partial charge in [-0.25, -0.2) is 18.2 Å². The summed E-state index contributed by atoms with van der Waals surface area (Å²) in [4.78, 5) is 65.3. The van der Waals surface area contributed by atoms with Gasteiger partial charge in [-0.2, -0.15) is 4.98 Å². The van der Waals surface area contributed by atoms with Crippen molar-refractivity contribution < 1.29 is 37.1 Å². The fraction of sp³-hybridized carbons (Fsp3) is 0.714. The van der Waals surface area contributed by atoms with Crippen LogP contribution in [-0.2, 0) is 29.1 Å². The zero-order valence-electron chi connectivity index (χ0n) is 30.0. The number of alkyl carbamates (subject to hydrolysis) is 1. The van der Waals surface area contributed by atoms with Gasteiger partial charge in [0.05, 0.1) is 11.8 Å². The molecule has 5 atom stereocenters. The lowest BCUT2D eigenvalue weighted by atomic mass is 9.85. The minimum Gasteiger partial charge on any atom is -0.472 e. The van der Waals surface area contributed by atoms with E-state index in [-0.39, 0.29) is 42.6 Å². The van der Waals surface area contributed by atoms with Crippen molar-refractivity contribution in [2.45, 2.75) is 139 Å². The van der Waals surface area contributed by atoms with Gasteiger partial charge in [-0.3, -0.25) is 19.1 Å². The molecule has 5 fully saturated rings. The van der Waals surface area contributed by atoms with Crippen LogP contribution in [0.5, 0.6) is 5.88 Å². The fourth-order valence-electron chi connectivity index (χ4n) is 7.46. The predicted molar refractivity (Wildman–Crippen MR) is 192 cm³/mol. The monoisotopic (exact) mass is 763 g/mol. The van der Waals surface area contributed by atoms with Crippen LogP contribution in [0, 0.1) is 11.3 Å². The number of carbonyl (C=O) groups excluding carboxylic acids is 4. The minimum atomic E-state index is -3.90. The molecule has 0 unspecified atom stereocenters. The molecule has 1 aromatic rings. The highest BCUT2D eigenvalue weighted by Gasteiger charge is 2.62. The van der Waals surface area contributed by atoms with Crippen molar-refractivity contribution in [1.82, 2.24) is 30.2 Å². The maximum absolute atomic E-state index is 14.5. The topological polar surface area (TPSA) is 198 Å². The van der Waals surface area contributed by atoms with Crippen molar-refractivity contribution in [2.75, 3.05) is 11.9 Å². The molecule has 4 amide bonds. The maximum atomic E-state index is 14.5. The SMILES string of the molecule is C=C[C@@H]1C[C@]1(NC(=O)[C@@H]1C[C@@H](Oc2cc(Cl)nc(NC3CCCC3)n2)CN1C(=O)[C@@H](NC(=O)OC1CCCC1)C(C)(C)C)C(=O)NS(=O)(=O)C1CC1. The minimum absolute atomic E-state index is 0.00476. The van der Waals surface area contributed by atoms with E-state index >= 15 is 0 Å². The number of sulfonamides is 1. The molecule has 4 aliphatic carbocycles. The molecule has 0 bridgehead atoms. The molecule has 52 heavy (non-hydrogen) atoms. The number of halogens is 1. The molecule has 17 heteroatoms. The van der Waals surface area contributed by atoms with Gasteiger partial charge in [0.25, 0.3) is 5.91 Å². The van der Waals surface area contributed by atoms with E-state index < -0.39 is 74.1 Å². The zero-order valence-corrected chi connectivity index (χ0v) is 31.6. The molecule has 286 valence electrons. The number of anilines is 1. The lowest BCUT2D eigenvalue weighted by Gasteiger charge is -2.35. The summed E-state index contributed by atoms with van der Waals surface area (Å²) in [6, 6.07) is -0.572. The van der Waals surface area contributed by atoms with Crippen molar-refractivity contribution in [3.05, 3.63) is 23.9 Å². The summed E-state index contributed by atoms with van der Waals surface area (Å²) >= 11 is 6.35. The first-order valence-corrected chi connectivity index (χ1v) is 20.3. The normalized spacial score (nSPS) is 27.1. The van der Waals surface area contributed by atoms with E-state index in [4.69, 9.17) is 21.1 Å². The van der Waals surface area contributed by atoms with E-state index in [1.54, 1.807) is 20.8 Å². The van der Waals surface area contributed by atoms with Gasteiger partial charge < -0.3 is 30.3 Å². The number of aromatic nitrogens is 2. The molecule has 0 aromatic carbocycles. The molecule has 4 N–H and O–H groups in total. The van der Waals surface area contributed by atoms with Gasteiger partial charge in [-0.15, -0.1) is 6.58 Å². The standard InChI is InChI=1S/C35H50ClN7O8S/c1-5-20-18-35(20,31(46)42-52(48,49)24-14-15-24)41-29(44)25-16-23(50-27-17-26(36)38-32(39-27)37-21-10-6-7-11-21)19-43(25)30(45)28(34(2,3)4)40-33(47)51-22-12-8-9-13-22/h5,17,20-25,28H,1,6-16,18-19H2,2-4H3,(H,40,47)(H,41,44)(H,42,46)(H,37,38,39)/t20-,23-,25+,28-,35-/m1/s1.